The summed E-state index contributed by atoms with van der Waals surface area (Å²) in [4.78, 5) is 2.52. The van der Waals surface area contributed by atoms with Crippen molar-refractivity contribution >= 4 is 17.3 Å². The topological polar surface area (TPSA) is 27.3 Å². The summed E-state index contributed by atoms with van der Waals surface area (Å²) in [6.07, 6.45) is 1.17. The van der Waals surface area contributed by atoms with Gasteiger partial charge in [0.1, 0.15) is 0 Å². The van der Waals surface area contributed by atoms with Crippen LogP contribution in [0.4, 0.5) is 5.69 Å². The van der Waals surface area contributed by atoms with Crippen molar-refractivity contribution in [3.8, 4) is 0 Å². The molecule has 0 unspecified atom stereocenters. The Morgan fingerprint density at radius 1 is 1.33 bits per heavy atom. The number of hydrogen-bond donors (Lipinski definition) is 2. The molecule has 0 atom stereocenters. The highest BCUT2D eigenvalue weighted by molar-refractivity contribution is 6.31. The minimum atomic E-state index is 0.835. The molecule has 18 heavy (non-hydrogen) atoms. The summed E-state index contributed by atoms with van der Waals surface area (Å²) in [5.41, 5.74) is 2.30. The molecule has 4 heteroatoms. The fraction of sp³-hybridized carbons (Fsp3) is 0.571. The number of halogens is 1. The first kappa shape index (κ1) is 13.7. The summed E-state index contributed by atoms with van der Waals surface area (Å²) in [6, 6.07) is 6.02. The number of benzene rings is 1. The molecule has 1 aromatic carbocycles. The van der Waals surface area contributed by atoms with Crippen molar-refractivity contribution < 1.29 is 0 Å². The van der Waals surface area contributed by atoms with E-state index >= 15 is 0 Å². The lowest BCUT2D eigenvalue weighted by molar-refractivity contribution is 0.240. The molecule has 1 aromatic rings. The smallest absolute Gasteiger partial charge is 0.0455 e. The van der Waals surface area contributed by atoms with Crippen molar-refractivity contribution in [2.24, 2.45) is 0 Å². The molecule has 1 heterocycles. The Balaban J connectivity index is 1.70. The summed E-state index contributed by atoms with van der Waals surface area (Å²) in [5, 5.41) is 7.67. The molecule has 1 aliphatic rings. The SMILES string of the molecule is Cc1c(Cl)cccc1NCCCN1CCNCC1. The average Bonchev–Trinajstić information content (AvgIpc) is 2.40. The summed E-state index contributed by atoms with van der Waals surface area (Å²) >= 11 is 6.09. The van der Waals surface area contributed by atoms with Gasteiger partial charge >= 0.3 is 0 Å². The summed E-state index contributed by atoms with van der Waals surface area (Å²) in [5.74, 6) is 0. The van der Waals surface area contributed by atoms with Gasteiger partial charge in [-0.05, 0) is 37.6 Å². The Hall–Kier alpha value is -0.770. The monoisotopic (exact) mass is 267 g/mol. The van der Waals surface area contributed by atoms with Gasteiger partial charge in [-0.2, -0.15) is 0 Å². The number of nitrogens with one attached hydrogen (secondary N) is 2. The molecular weight excluding hydrogens is 246 g/mol. The predicted octanol–water partition coefficient (Wildman–Crippen LogP) is 2.36. The van der Waals surface area contributed by atoms with Gasteiger partial charge in [0.05, 0.1) is 0 Å². The molecular formula is C14H22ClN3. The molecule has 3 nitrogen and oxygen atoms in total. The van der Waals surface area contributed by atoms with E-state index in [1.165, 1.54) is 26.1 Å². The van der Waals surface area contributed by atoms with Crippen molar-refractivity contribution in [3.05, 3.63) is 28.8 Å². The van der Waals surface area contributed by atoms with Crippen LogP contribution in [0.3, 0.4) is 0 Å². The lowest BCUT2D eigenvalue weighted by Gasteiger charge is -2.27. The van der Waals surface area contributed by atoms with Gasteiger partial charge in [0.25, 0.3) is 0 Å². The highest BCUT2D eigenvalue weighted by Gasteiger charge is 2.08. The largest absolute Gasteiger partial charge is 0.385 e. The minimum absolute atomic E-state index is 0.835. The van der Waals surface area contributed by atoms with Crippen molar-refractivity contribution in [2.75, 3.05) is 44.6 Å². The van der Waals surface area contributed by atoms with E-state index < -0.39 is 0 Å². The van der Waals surface area contributed by atoms with Gasteiger partial charge in [-0.25, -0.2) is 0 Å². The Kier molecular flexibility index (Phi) is 5.29. The van der Waals surface area contributed by atoms with Crippen molar-refractivity contribution in [3.63, 3.8) is 0 Å². The molecule has 0 spiro atoms. The van der Waals surface area contributed by atoms with E-state index in [1.54, 1.807) is 0 Å². The first-order chi connectivity index (χ1) is 8.77. The quantitative estimate of drug-likeness (QED) is 0.802. The maximum absolute atomic E-state index is 6.09. The van der Waals surface area contributed by atoms with E-state index in [-0.39, 0.29) is 0 Å². The molecule has 0 radical (unpaired) electrons. The van der Waals surface area contributed by atoms with Crippen LogP contribution >= 0.6 is 11.6 Å². The van der Waals surface area contributed by atoms with Crippen LogP contribution < -0.4 is 10.6 Å². The lowest BCUT2D eigenvalue weighted by atomic mass is 10.2. The molecule has 0 aromatic heterocycles. The molecule has 1 saturated heterocycles. The second-order valence-electron chi connectivity index (χ2n) is 4.78. The van der Waals surface area contributed by atoms with Crippen LogP contribution in [0, 0.1) is 6.92 Å². The zero-order chi connectivity index (χ0) is 12.8. The number of rotatable bonds is 5. The molecule has 1 fully saturated rings. The summed E-state index contributed by atoms with van der Waals surface area (Å²) in [7, 11) is 0. The zero-order valence-corrected chi connectivity index (χ0v) is 11.8. The molecule has 2 rings (SSSR count). The Morgan fingerprint density at radius 2 is 2.11 bits per heavy atom. The summed E-state index contributed by atoms with van der Waals surface area (Å²) < 4.78 is 0. The third-order valence-corrected chi connectivity index (χ3v) is 3.85. The number of nitrogens with zero attached hydrogens (tertiary/aromatic N) is 1. The molecule has 0 bridgehead atoms. The average molecular weight is 268 g/mol. The predicted molar refractivity (Wildman–Crippen MR) is 78.6 cm³/mol. The molecule has 100 valence electrons. The van der Waals surface area contributed by atoms with Gasteiger partial charge in [-0.15, -0.1) is 0 Å². The number of anilines is 1. The Labute approximate surface area is 115 Å². The van der Waals surface area contributed by atoms with E-state index in [2.05, 4.69) is 28.5 Å². The van der Waals surface area contributed by atoms with Gasteiger partial charge < -0.3 is 15.5 Å². The molecule has 2 N–H and O–H groups in total. The standard InChI is InChI=1S/C14H22ClN3/c1-12-13(15)4-2-5-14(12)17-6-3-9-18-10-7-16-8-11-18/h2,4-5,16-17H,3,6-11H2,1H3. The third-order valence-electron chi connectivity index (χ3n) is 3.44. The van der Waals surface area contributed by atoms with Crippen LogP contribution in [0.2, 0.25) is 5.02 Å². The molecule has 1 aliphatic heterocycles. The van der Waals surface area contributed by atoms with Gasteiger partial charge in [0.2, 0.25) is 0 Å². The lowest BCUT2D eigenvalue weighted by Crippen LogP contribution is -2.44. The van der Waals surface area contributed by atoms with Crippen LogP contribution in [-0.2, 0) is 0 Å². The first-order valence-corrected chi connectivity index (χ1v) is 7.07. The fourth-order valence-electron chi connectivity index (χ4n) is 2.26. The van der Waals surface area contributed by atoms with Gasteiger partial charge in [-0.3, -0.25) is 0 Å². The second kappa shape index (κ2) is 6.98. The highest BCUT2D eigenvalue weighted by atomic mass is 35.5. The van der Waals surface area contributed by atoms with Crippen LogP contribution in [-0.4, -0.2) is 44.2 Å². The summed E-state index contributed by atoms with van der Waals surface area (Å²) in [6.45, 7) is 8.84. The van der Waals surface area contributed by atoms with Gasteiger partial charge in [-0.1, -0.05) is 17.7 Å². The zero-order valence-electron chi connectivity index (χ0n) is 11.0. The van der Waals surface area contributed by atoms with Crippen LogP contribution in [0.5, 0.6) is 0 Å². The highest BCUT2D eigenvalue weighted by Crippen LogP contribution is 2.22. The molecule has 0 saturated carbocycles. The van der Waals surface area contributed by atoms with E-state index in [0.29, 0.717) is 0 Å². The van der Waals surface area contributed by atoms with Crippen LogP contribution in [0.15, 0.2) is 18.2 Å². The van der Waals surface area contributed by atoms with Crippen LogP contribution in [0.25, 0.3) is 0 Å². The van der Waals surface area contributed by atoms with Gasteiger partial charge in [0, 0.05) is 43.4 Å². The first-order valence-electron chi connectivity index (χ1n) is 6.69. The molecule has 0 amide bonds. The Morgan fingerprint density at radius 3 is 2.89 bits per heavy atom. The minimum Gasteiger partial charge on any atom is -0.385 e. The normalized spacial score (nSPS) is 16.8. The van der Waals surface area contributed by atoms with Gasteiger partial charge in [0.15, 0.2) is 0 Å². The Bertz CT molecular complexity index is 375. The third kappa shape index (κ3) is 3.87. The van der Waals surface area contributed by atoms with E-state index in [0.717, 1.165) is 35.9 Å². The van der Waals surface area contributed by atoms with Crippen molar-refractivity contribution in [1.82, 2.24) is 10.2 Å². The van der Waals surface area contributed by atoms with Crippen LogP contribution in [0.1, 0.15) is 12.0 Å². The maximum Gasteiger partial charge on any atom is 0.0455 e. The van der Waals surface area contributed by atoms with Crippen molar-refractivity contribution in [1.29, 1.82) is 0 Å². The van der Waals surface area contributed by atoms with E-state index in [4.69, 9.17) is 11.6 Å². The fourth-order valence-corrected chi connectivity index (χ4v) is 2.43. The van der Waals surface area contributed by atoms with E-state index in [1.807, 2.05) is 12.1 Å². The maximum atomic E-state index is 6.09. The van der Waals surface area contributed by atoms with E-state index in [9.17, 15) is 0 Å². The second-order valence-corrected chi connectivity index (χ2v) is 5.19. The number of piperazine rings is 1. The molecule has 0 aliphatic carbocycles. The van der Waals surface area contributed by atoms with Crippen molar-refractivity contribution in [2.45, 2.75) is 13.3 Å². The number of hydrogen-bond acceptors (Lipinski definition) is 3.